The molecule has 0 aliphatic heterocycles. The van der Waals surface area contributed by atoms with Gasteiger partial charge in [-0.05, 0) is 23.3 Å². The number of hydrogen-bond donors (Lipinski definition) is 0. The van der Waals surface area contributed by atoms with Crippen LogP contribution < -0.4 is 0 Å². The quantitative estimate of drug-likeness (QED) is 0.739. The minimum atomic E-state index is -0.930. The van der Waals surface area contributed by atoms with Gasteiger partial charge in [0.1, 0.15) is 0 Å². The van der Waals surface area contributed by atoms with Crippen LogP contribution in [0.3, 0.4) is 0 Å². The molecule has 1 unspecified atom stereocenters. The van der Waals surface area contributed by atoms with Crippen LogP contribution >= 0.6 is 0 Å². The van der Waals surface area contributed by atoms with E-state index >= 15 is 0 Å². The third kappa shape index (κ3) is 5.58. The first kappa shape index (κ1) is 18.4. The summed E-state index contributed by atoms with van der Waals surface area (Å²) in [6, 6.07) is 17.3. The van der Waals surface area contributed by atoms with Crippen LogP contribution in [0.25, 0.3) is 0 Å². The SMILES string of the molecule is COCCN(Cc1ccccc1)C(=O)c1cccc(CS(C)=O)c1. The van der Waals surface area contributed by atoms with E-state index in [4.69, 9.17) is 4.74 Å². The van der Waals surface area contributed by atoms with Crippen LogP contribution in [-0.2, 0) is 27.8 Å². The molecular formula is C19H23NO3S. The number of rotatable bonds is 8. The smallest absolute Gasteiger partial charge is 0.254 e. The topological polar surface area (TPSA) is 46.6 Å². The Kier molecular flexibility index (Phi) is 7.15. The highest BCUT2D eigenvalue weighted by Crippen LogP contribution is 2.13. The van der Waals surface area contributed by atoms with Gasteiger partial charge in [-0.2, -0.15) is 0 Å². The van der Waals surface area contributed by atoms with Gasteiger partial charge in [0.25, 0.3) is 5.91 Å². The van der Waals surface area contributed by atoms with Crippen LogP contribution in [0.1, 0.15) is 21.5 Å². The van der Waals surface area contributed by atoms with Crippen molar-refractivity contribution in [3.05, 3.63) is 71.3 Å². The first-order valence-corrected chi connectivity index (χ1v) is 9.54. The number of amides is 1. The summed E-state index contributed by atoms with van der Waals surface area (Å²) in [5.41, 5.74) is 2.60. The zero-order valence-electron chi connectivity index (χ0n) is 14.1. The summed E-state index contributed by atoms with van der Waals surface area (Å²) < 4.78 is 16.5. The molecule has 0 spiro atoms. The molecule has 1 amide bonds. The molecule has 4 nitrogen and oxygen atoms in total. The zero-order valence-corrected chi connectivity index (χ0v) is 14.9. The highest BCUT2D eigenvalue weighted by Gasteiger charge is 2.16. The molecule has 0 saturated heterocycles. The van der Waals surface area contributed by atoms with Gasteiger partial charge in [0.15, 0.2) is 0 Å². The summed E-state index contributed by atoms with van der Waals surface area (Å²) in [5, 5.41) is 0. The van der Waals surface area contributed by atoms with Crippen molar-refractivity contribution < 1.29 is 13.7 Å². The van der Waals surface area contributed by atoms with Crippen LogP contribution in [0.15, 0.2) is 54.6 Å². The Hall–Kier alpha value is -1.98. The molecular weight excluding hydrogens is 322 g/mol. The lowest BCUT2D eigenvalue weighted by Gasteiger charge is -2.23. The minimum Gasteiger partial charge on any atom is -0.383 e. The standard InChI is InChI=1S/C19H23NO3S/c1-23-12-11-20(14-16-7-4-3-5-8-16)19(21)18-10-6-9-17(13-18)15-24(2)22/h3-10,13H,11-12,14-15H2,1-2H3. The fourth-order valence-electron chi connectivity index (χ4n) is 2.47. The molecule has 5 heteroatoms. The molecule has 0 bridgehead atoms. The molecule has 0 aliphatic carbocycles. The summed E-state index contributed by atoms with van der Waals surface area (Å²) in [6.45, 7) is 1.54. The predicted molar refractivity (Wildman–Crippen MR) is 97.3 cm³/mol. The van der Waals surface area contributed by atoms with Gasteiger partial charge in [-0.1, -0.05) is 42.5 Å². The lowest BCUT2D eigenvalue weighted by Crippen LogP contribution is -2.33. The van der Waals surface area contributed by atoms with E-state index in [1.54, 1.807) is 24.3 Å². The number of hydrogen-bond acceptors (Lipinski definition) is 3. The second kappa shape index (κ2) is 9.35. The molecule has 0 heterocycles. The molecule has 2 aromatic rings. The molecule has 2 aromatic carbocycles. The Bertz CT molecular complexity index is 688. The van der Waals surface area contributed by atoms with Crippen molar-refractivity contribution in [2.24, 2.45) is 0 Å². The maximum Gasteiger partial charge on any atom is 0.254 e. The van der Waals surface area contributed by atoms with E-state index in [2.05, 4.69) is 0 Å². The van der Waals surface area contributed by atoms with Gasteiger partial charge in [0.05, 0.1) is 6.61 Å². The molecule has 1 atom stereocenters. The fraction of sp³-hybridized carbons (Fsp3) is 0.316. The van der Waals surface area contributed by atoms with Gasteiger partial charge in [0.2, 0.25) is 0 Å². The van der Waals surface area contributed by atoms with E-state index in [9.17, 15) is 9.00 Å². The van der Waals surface area contributed by atoms with Crippen LogP contribution in [0.5, 0.6) is 0 Å². The van der Waals surface area contributed by atoms with Gasteiger partial charge >= 0.3 is 0 Å². The number of carbonyl (C=O) groups is 1. The monoisotopic (exact) mass is 345 g/mol. The van der Waals surface area contributed by atoms with Gasteiger partial charge in [-0.3, -0.25) is 9.00 Å². The first-order chi connectivity index (χ1) is 11.6. The molecule has 0 radical (unpaired) electrons. The third-order valence-electron chi connectivity index (χ3n) is 3.61. The molecule has 2 rings (SSSR count). The predicted octanol–water partition coefficient (Wildman–Crippen LogP) is 2.85. The Morgan fingerprint density at radius 3 is 2.46 bits per heavy atom. The maximum absolute atomic E-state index is 12.9. The molecule has 0 fully saturated rings. The Balaban J connectivity index is 2.18. The molecule has 0 aromatic heterocycles. The lowest BCUT2D eigenvalue weighted by molar-refractivity contribution is 0.0680. The summed E-state index contributed by atoms with van der Waals surface area (Å²) in [5.74, 6) is 0.414. The largest absolute Gasteiger partial charge is 0.383 e. The normalized spacial score (nSPS) is 11.9. The highest BCUT2D eigenvalue weighted by atomic mass is 32.2. The number of benzene rings is 2. The Morgan fingerprint density at radius 2 is 1.79 bits per heavy atom. The second-order valence-electron chi connectivity index (χ2n) is 5.62. The summed E-state index contributed by atoms with van der Waals surface area (Å²) in [6.07, 6.45) is 1.66. The summed E-state index contributed by atoms with van der Waals surface area (Å²) in [7, 11) is 0.697. The van der Waals surface area contributed by atoms with Crippen LogP contribution in [0, 0.1) is 0 Å². The van der Waals surface area contributed by atoms with E-state index in [1.807, 2.05) is 48.5 Å². The van der Waals surface area contributed by atoms with Crippen molar-refractivity contribution in [1.82, 2.24) is 4.90 Å². The van der Waals surface area contributed by atoms with E-state index in [-0.39, 0.29) is 5.91 Å². The molecule has 0 N–H and O–H groups in total. The van der Waals surface area contributed by atoms with E-state index in [1.165, 1.54) is 0 Å². The minimum absolute atomic E-state index is 0.0420. The zero-order chi connectivity index (χ0) is 17.4. The van der Waals surface area contributed by atoms with Crippen molar-refractivity contribution >= 4 is 16.7 Å². The van der Waals surface area contributed by atoms with Crippen LogP contribution in [0.2, 0.25) is 0 Å². The number of nitrogens with zero attached hydrogens (tertiary/aromatic N) is 1. The molecule has 0 aliphatic rings. The molecule has 24 heavy (non-hydrogen) atoms. The van der Waals surface area contributed by atoms with Gasteiger partial charge in [0, 0.05) is 48.6 Å². The number of carbonyl (C=O) groups excluding carboxylic acids is 1. The highest BCUT2D eigenvalue weighted by molar-refractivity contribution is 7.83. The van der Waals surface area contributed by atoms with E-state index in [0.717, 1.165) is 11.1 Å². The fourth-order valence-corrected chi connectivity index (χ4v) is 3.12. The number of methoxy groups -OCH3 is 1. The second-order valence-corrected chi connectivity index (χ2v) is 7.06. The first-order valence-electron chi connectivity index (χ1n) is 7.81. The summed E-state index contributed by atoms with van der Waals surface area (Å²) >= 11 is 0. The summed E-state index contributed by atoms with van der Waals surface area (Å²) in [4.78, 5) is 14.7. The van der Waals surface area contributed by atoms with Crippen molar-refractivity contribution in [2.45, 2.75) is 12.3 Å². The van der Waals surface area contributed by atoms with Crippen molar-refractivity contribution in [3.8, 4) is 0 Å². The molecule has 0 saturated carbocycles. The average molecular weight is 345 g/mol. The van der Waals surface area contributed by atoms with Crippen molar-refractivity contribution in [1.29, 1.82) is 0 Å². The average Bonchev–Trinajstić information content (AvgIpc) is 2.58. The van der Waals surface area contributed by atoms with E-state index < -0.39 is 10.8 Å². The lowest BCUT2D eigenvalue weighted by atomic mass is 10.1. The maximum atomic E-state index is 12.9. The van der Waals surface area contributed by atoms with Gasteiger partial charge in [-0.15, -0.1) is 0 Å². The van der Waals surface area contributed by atoms with E-state index in [0.29, 0.717) is 31.0 Å². The molecule has 128 valence electrons. The van der Waals surface area contributed by atoms with Gasteiger partial charge in [-0.25, -0.2) is 0 Å². The third-order valence-corrected chi connectivity index (χ3v) is 4.35. The Morgan fingerprint density at radius 1 is 1.08 bits per heavy atom. The van der Waals surface area contributed by atoms with Crippen LogP contribution in [-0.4, -0.2) is 41.5 Å². The van der Waals surface area contributed by atoms with Crippen LogP contribution in [0.4, 0.5) is 0 Å². The van der Waals surface area contributed by atoms with Gasteiger partial charge < -0.3 is 9.64 Å². The van der Waals surface area contributed by atoms with Crippen molar-refractivity contribution in [3.63, 3.8) is 0 Å². The number of ether oxygens (including phenoxy) is 1. The van der Waals surface area contributed by atoms with Crippen molar-refractivity contribution in [2.75, 3.05) is 26.5 Å². The Labute approximate surface area is 145 Å².